The lowest BCUT2D eigenvalue weighted by atomic mass is 10.1. The highest BCUT2D eigenvalue weighted by atomic mass is 16.2. The topological polar surface area (TPSA) is 61.8 Å². The quantitative estimate of drug-likeness (QED) is 0.747. The summed E-state index contributed by atoms with van der Waals surface area (Å²) >= 11 is 0. The van der Waals surface area contributed by atoms with Gasteiger partial charge in [-0.05, 0) is 18.6 Å². The lowest BCUT2D eigenvalue weighted by Gasteiger charge is -2.32. The van der Waals surface area contributed by atoms with Crippen LogP contribution in [0.1, 0.15) is 18.9 Å². The highest BCUT2D eigenvalue weighted by molar-refractivity contribution is 6.07. The minimum Gasteiger partial charge on any atom is -0.343 e. The van der Waals surface area contributed by atoms with Crippen molar-refractivity contribution < 1.29 is 9.59 Å². The van der Waals surface area contributed by atoms with Gasteiger partial charge in [-0.15, -0.1) is 0 Å². The summed E-state index contributed by atoms with van der Waals surface area (Å²) < 4.78 is 0. The summed E-state index contributed by atoms with van der Waals surface area (Å²) in [5.74, 6) is 0.342. The minimum absolute atomic E-state index is 0.211. The standard InChI is InChI=1S/C13H13N3O2/c1-8-14-10-5-3-2-4-9(10)7-16(8)11-6-12(17)15-13(11)18/h2-5,11H,6-7H2,1H3,(H,15,17,18). The van der Waals surface area contributed by atoms with E-state index in [-0.39, 0.29) is 18.2 Å². The zero-order valence-electron chi connectivity index (χ0n) is 10.0. The number of carbonyl (C=O) groups excluding carboxylic acids is 2. The summed E-state index contributed by atoms with van der Waals surface area (Å²) in [6.45, 7) is 2.49. The van der Waals surface area contributed by atoms with Crippen molar-refractivity contribution in [2.75, 3.05) is 0 Å². The fourth-order valence-corrected chi connectivity index (χ4v) is 2.42. The molecule has 2 aliphatic rings. The highest BCUT2D eigenvalue weighted by Crippen LogP contribution is 2.28. The van der Waals surface area contributed by atoms with Crippen molar-refractivity contribution in [3.63, 3.8) is 0 Å². The number of aliphatic imine (C=N–C) groups is 1. The van der Waals surface area contributed by atoms with E-state index in [4.69, 9.17) is 0 Å². The van der Waals surface area contributed by atoms with E-state index in [1.165, 1.54) is 0 Å². The van der Waals surface area contributed by atoms with Gasteiger partial charge in [0.1, 0.15) is 11.9 Å². The summed E-state index contributed by atoms with van der Waals surface area (Å²) in [5, 5.41) is 2.33. The zero-order valence-corrected chi connectivity index (χ0v) is 10.0. The predicted octanol–water partition coefficient (Wildman–Crippen LogP) is 0.967. The Kier molecular flexibility index (Phi) is 2.40. The highest BCUT2D eigenvalue weighted by Gasteiger charge is 2.37. The molecule has 0 bridgehead atoms. The molecular formula is C13H13N3O2. The molecule has 3 rings (SSSR count). The molecule has 0 radical (unpaired) electrons. The SMILES string of the molecule is CC1=Nc2ccccc2CN1C1CC(=O)NC1=O. The maximum Gasteiger partial charge on any atom is 0.249 e. The van der Waals surface area contributed by atoms with Gasteiger partial charge in [0.15, 0.2) is 0 Å². The van der Waals surface area contributed by atoms with Crippen LogP contribution in [0.4, 0.5) is 5.69 Å². The van der Waals surface area contributed by atoms with Crippen molar-refractivity contribution in [2.45, 2.75) is 25.9 Å². The van der Waals surface area contributed by atoms with Gasteiger partial charge < -0.3 is 4.90 Å². The van der Waals surface area contributed by atoms with E-state index in [0.717, 1.165) is 17.1 Å². The number of hydrogen-bond donors (Lipinski definition) is 1. The lowest BCUT2D eigenvalue weighted by Crippen LogP contribution is -2.44. The number of hydrogen-bond acceptors (Lipinski definition) is 4. The summed E-state index contributed by atoms with van der Waals surface area (Å²) in [5.41, 5.74) is 2.02. The first-order chi connectivity index (χ1) is 8.65. The molecule has 18 heavy (non-hydrogen) atoms. The fraction of sp³-hybridized carbons (Fsp3) is 0.308. The number of imide groups is 1. The Hall–Kier alpha value is -2.17. The molecule has 5 nitrogen and oxygen atoms in total. The third-order valence-corrected chi connectivity index (χ3v) is 3.35. The average Bonchev–Trinajstić information content (AvgIpc) is 2.67. The summed E-state index contributed by atoms with van der Waals surface area (Å²) in [7, 11) is 0. The van der Waals surface area contributed by atoms with E-state index in [9.17, 15) is 9.59 Å². The molecule has 2 aliphatic heterocycles. The maximum atomic E-state index is 11.7. The van der Waals surface area contributed by atoms with Crippen molar-refractivity contribution in [3.8, 4) is 0 Å². The van der Waals surface area contributed by atoms with E-state index in [0.29, 0.717) is 6.54 Å². The Bertz CT molecular complexity index is 565. The molecule has 2 heterocycles. The second kappa shape index (κ2) is 3.94. The average molecular weight is 243 g/mol. The van der Waals surface area contributed by atoms with Crippen LogP contribution in [-0.4, -0.2) is 28.6 Å². The van der Waals surface area contributed by atoms with Crippen LogP contribution in [0.15, 0.2) is 29.3 Å². The van der Waals surface area contributed by atoms with Crippen molar-refractivity contribution in [1.29, 1.82) is 0 Å². The number of amidine groups is 1. The van der Waals surface area contributed by atoms with Crippen LogP contribution in [0, 0.1) is 0 Å². The molecule has 92 valence electrons. The predicted molar refractivity (Wildman–Crippen MR) is 66.3 cm³/mol. The second-order valence-corrected chi connectivity index (χ2v) is 4.55. The van der Waals surface area contributed by atoms with E-state index in [1.54, 1.807) is 0 Å². The molecule has 0 aliphatic carbocycles. The van der Waals surface area contributed by atoms with E-state index < -0.39 is 6.04 Å². The largest absolute Gasteiger partial charge is 0.343 e. The molecule has 2 amide bonds. The van der Waals surface area contributed by atoms with Gasteiger partial charge in [-0.2, -0.15) is 0 Å². The Morgan fingerprint density at radius 2 is 2.11 bits per heavy atom. The molecule has 1 unspecified atom stereocenters. The van der Waals surface area contributed by atoms with Gasteiger partial charge in [-0.3, -0.25) is 14.9 Å². The fourth-order valence-electron chi connectivity index (χ4n) is 2.42. The van der Waals surface area contributed by atoms with Crippen LogP contribution in [0.2, 0.25) is 0 Å². The van der Waals surface area contributed by atoms with Gasteiger partial charge in [-0.25, -0.2) is 4.99 Å². The molecule has 1 N–H and O–H groups in total. The number of rotatable bonds is 1. The zero-order chi connectivity index (χ0) is 12.7. The molecule has 0 aromatic heterocycles. The van der Waals surface area contributed by atoms with Gasteiger partial charge >= 0.3 is 0 Å². The van der Waals surface area contributed by atoms with Gasteiger partial charge in [0.25, 0.3) is 0 Å². The van der Waals surface area contributed by atoms with Crippen molar-refractivity contribution >= 4 is 23.3 Å². The molecule has 0 spiro atoms. The molecule has 5 heteroatoms. The molecule has 1 saturated heterocycles. The van der Waals surface area contributed by atoms with E-state index in [2.05, 4.69) is 10.3 Å². The summed E-state index contributed by atoms with van der Waals surface area (Å²) in [6.07, 6.45) is 0.216. The molecule has 1 aromatic rings. The first-order valence-corrected chi connectivity index (χ1v) is 5.88. The van der Waals surface area contributed by atoms with Crippen LogP contribution in [0.3, 0.4) is 0 Å². The second-order valence-electron chi connectivity index (χ2n) is 4.55. The van der Waals surface area contributed by atoms with Crippen LogP contribution in [0.25, 0.3) is 0 Å². The lowest BCUT2D eigenvalue weighted by molar-refractivity contribution is -0.125. The number of para-hydroxylation sites is 1. The van der Waals surface area contributed by atoms with Crippen LogP contribution in [-0.2, 0) is 16.1 Å². The third kappa shape index (κ3) is 1.68. The van der Waals surface area contributed by atoms with Crippen molar-refractivity contribution in [1.82, 2.24) is 10.2 Å². The number of nitrogens with zero attached hydrogens (tertiary/aromatic N) is 2. The Morgan fingerprint density at radius 1 is 1.33 bits per heavy atom. The molecular weight excluding hydrogens is 230 g/mol. The first-order valence-electron chi connectivity index (χ1n) is 5.88. The molecule has 1 aromatic carbocycles. The minimum atomic E-state index is -0.422. The third-order valence-electron chi connectivity index (χ3n) is 3.35. The maximum absolute atomic E-state index is 11.7. The molecule has 1 atom stereocenters. The van der Waals surface area contributed by atoms with Crippen LogP contribution < -0.4 is 5.32 Å². The Labute approximate surface area is 105 Å². The van der Waals surface area contributed by atoms with Crippen molar-refractivity contribution in [2.24, 2.45) is 4.99 Å². The van der Waals surface area contributed by atoms with Crippen molar-refractivity contribution in [3.05, 3.63) is 29.8 Å². The van der Waals surface area contributed by atoms with Crippen LogP contribution >= 0.6 is 0 Å². The van der Waals surface area contributed by atoms with E-state index >= 15 is 0 Å². The van der Waals surface area contributed by atoms with Gasteiger partial charge in [-0.1, -0.05) is 18.2 Å². The van der Waals surface area contributed by atoms with Gasteiger partial charge in [0.2, 0.25) is 11.8 Å². The number of fused-ring (bicyclic) bond motifs is 1. The number of benzene rings is 1. The smallest absolute Gasteiger partial charge is 0.249 e. The van der Waals surface area contributed by atoms with E-state index in [1.807, 2.05) is 36.1 Å². The number of amides is 2. The van der Waals surface area contributed by atoms with Gasteiger partial charge in [0.05, 0.1) is 12.1 Å². The monoisotopic (exact) mass is 243 g/mol. The Balaban J connectivity index is 1.93. The molecule has 0 saturated carbocycles. The Morgan fingerprint density at radius 3 is 2.83 bits per heavy atom. The van der Waals surface area contributed by atoms with Crippen LogP contribution in [0.5, 0.6) is 0 Å². The normalized spacial score (nSPS) is 22.6. The number of carbonyl (C=O) groups is 2. The summed E-state index contributed by atoms with van der Waals surface area (Å²) in [6, 6.07) is 7.42. The van der Waals surface area contributed by atoms with Gasteiger partial charge in [0, 0.05) is 6.54 Å². The molecule has 1 fully saturated rings. The first kappa shape index (κ1) is 11.0. The summed E-state index contributed by atoms with van der Waals surface area (Å²) in [4.78, 5) is 29.3. The number of nitrogens with one attached hydrogen (secondary N) is 1.